The molecule has 0 unspecified atom stereocenters. The molecule has 166 valence electrons. The first-order chi connectivity index (χ1) is 15.1. The number of nitrogens with one attached hydrogen (secondary N) is 3. The molecule has 0 atom stereocenters. The molecule has 0 heterocycles. The van der Waals surface area contributed by atoms with Crippen LogP contribution in [-0.2, 0) is 10.0 Å². The van der Waals surface area contributed by atoms with Gasteiger partial charge in [0, 0.05) is 24.0 Å². The van der Waals surface area contributed by atoms with E-state index in [-0.39, 0.29) is 26.4 Å². The third kappa shape index (κ3) is 5.40. The monoisotopic (exact) mass is 491 g/mol. The standard InChI is InChI=1S/C22H19Cl2N3O4S/c1-13-5-3-8-16(9-13)27-32(30,31)20-11-17(18(23)12-19(20)24)22(29)26-15-7-4-6-14(10-15)21(28)25-2/h3-12,27H,1-2H3,(H,25,28)(H,26,29). The van der Waals surface area contributed by atoms with Crippen LogP contribution in [0.15, 0.2) is 65.6 Å². The summed E-state index contributed by atoms with van der Waals surface area (Å²) in [5.41, 5.74) is 1.81. The van der Waals surface area contributed by atoms with Gasteiger partial charge in [-0.3, -0.25) is 14.3 Å². The summed E-state index contributed by atoms with van der Waals surface area (Å²) in [4.78, 5) is 24.3. The largest absolute Gasteiger partial charge is 0.355 e. The lowest BCUT2D eigenvalue weighted by Gasteiger charge is -2.13. The number of hydrogen-bond donors (Lipinski definition) is 3. The number of rotatable bonds is 6. The molecule has 7 nitrogen and oxygen atoms in total. The van der Waals surface area contributed by atoms with Crippen LogP contribution < -0.4 is 15.4 Å². The average Bonchev–Trinajstić information content (AvgIpc) is 2.72. The molecule has 10 heteroatoms. The number of benzene rings is 3. The third-order valence-corrected chi connectivity index (χ3v) is 6.59. The fourth-order valence-electron chi connectivity index (χ4n) is 2.91. The van der Waals surface area contributed by atoms with E-state index >= 15 is 0 Å². The molecule has 0 bridgehead atoms. The van der Waals surface area contributed by atoms with Crippen molar-refractivity contribution in [1.29, 1.82) is 0 Å². The Hall–Kier alpha value is -3.07. The highest BCUT2D eigenvalue weighted by atomic mass is 35.5. The second kappa shape index (κ2) is 9.60. The van der Waals surface area contributed by atoms with Crippen LogP contribution in [0.1, 0.15) is 26.3 Å². The minimum Gasteiger partial charge on any atom is -0.355 e. The second-order valence-electron chi connectivity index (χ2n) is 6.85. The van der Waals surface area contributed by atoms with Gasteiger partial charge in [-0.2, -0.15) is 0 Å². The summed E-state index contributed by atoms with van der Waals surface area (Å²) in [5, 5.41) is 4.95. The molecule has 2 amide bonds. The van der Waals surface area contributed by atoms with E-state index in [0.717, 1.165) is 11.6 Å². The predicted molar refractivity (Wildman–Crippen MR) is 126 cm³/mol. The Bertz CT molecular complexity index is 1310. The number of anilines is 2. The van der Waals surface area contributed by atoms with Crippen LogP contribution in [0.3, 0.4) is 0 Å². The summed E-state index contributed by atoms with van der Waals surface area (Å²) < 4.78 is 28.3. The van der Waals surface area contributed by atoms with E-state index < -0.39 is 15.9 Å². The number of sulfonamides is 1. The van der Waals surface area contributed by atoms with Gasteiger partial charge in [-0.25, -0.2) is 8.42 Å². The Morgan fingerprint density at radius 2 is 1.53 bits per heavy atom. The SMILES string of the molecule is CNC(=O)c1cccc(NC(=O)c2cc(S(=O)(=O)Nc3cccc(C)c3)c(Cl)cc2Cl)c1. The van der Waals surface area contributed by atoms with Crippen LogP contribution >= 0.6 is 23.2 Å². The van der Waals surface area contributed by atoms with Crippen molar-refractivity contribution in [3.63, 3.8) is 0 Å². The van der Waals surface area contributed by atoms with Crippen molar-refractivity contribution in [2.75, 3.05) is 17.1 Å². The van der Waals surface area contributed by atoms with Gasteiger partial charge in [0.2, 0.25) is 0 Å². The Morgan fingerprint density at radius 3 is 2.22 bits per heavy atom. The van der Waals surface area contributed by atoms with Crippen molar-refractivity contribution in [2.24, 2.45) is 0 Å². The van der Waals surface area contributed by atoms with Gasteiger partial charge in [-0.15, -0.1) is 0 Å². The Labute approximate surface area is 195 Å². The highest BCUT2D eigenvalue weighted by Crippen LogP contribution is 2.30. The zero-order valence-corrected chi connectivity index (χ0v) is 19.4. The lowest BCUT2D eigenvalue weighted by atomic mass is 10.1. The maximum atomic E-state index is 12.9. The summed E-state index contributed by atoms with van der Waals surface area (Å²) in [6.45, 7) is 1.83. The average molecular weight is 492 g/mol. The zero-order valence-electron chi connectivity index (χ0n) is 17.1. The van der Waals surface area contributed by atoms with Crippen molar-refractivity contribution < 1.29 is 18.0 Å². The first-order valence-electron chi connectivity index (χ1n) is 9.33. The van der Waals surface area contributed by atoms with Crippen molar-refractivity contribution in [3.05, 3.63) is 87.4 Å². The van der Waals surface area contributed by atoms with E-state index in [1.165, 1.54) is 19.2 Å². The van der Waals surface area contributed by atoms with Crippen molar-refractivity contribution in [1.82, 2.24) is 5.32 Å². The molecule has 0 spiro atoms. The van der Waals surface area contributed by atoms with Gasteiger partial charge in [0.05, 0.1) is 15.6 Å². The van der Waals surface area contributed by atoms with Crippen LogP contribution in [0.25, 0.3) is 0 Å². The second-order valence-corrected chi connectivity index (χ2v) is 9.32. The van der Waals surface area contributed by atoms with E-state index in [1.807, 2.05) is 13.0 Å². The number of carbonyl (C=O) groups excluding carboxylic acids is 2. The van der Waals surface area contributed by atoms with Gasteiger partial charge >= 0.3 is 0 Å². The minimum atomic E-state index is -4.10. The van der Waals surface area contributed by atoms with E-state index in [4.69, 9.17) is 23.2 Å². The fraction of sp³-hybridized carbons (Fsp3) is 0.0909. The van der Waals surface area contributed by atoms with Gasteiger partial charge in [0.15, 0.2) is 0 Å². The molecule has 32 heavy (non-hydrogen) atoms. The molecule has 0 aliphatic carbocycles. The van der Waals surface area contributed by atoms with E-state index in [0.29, 0.717) is 16.9 Å². The molecule has 0 aliphatic rings. The van der Waals surface area contributed by atoms with Crippen molar-refractivity contribution in [2.45, 2.75) is 11.8 Å². The number of amides is 2. The molecule has 3 aromatic rings. The van der Waals surface area contributed by atoms with E-state index in [9.17, 15) is 18.0 Å². The Kier molecular flexibility index (Phi) is 7.08. The van der Waals surface area contributed by atoms with Gasteiger partial charge in [0.1, 0.15) is 4.90 Å². The van der Waals surface area contributed by atoms with Crippen molar-refractivity contribution in [3.8, 4) is 0 Å². The highest BCUT2D eigenvalue weighted by Gasteiger charge is 2.23. The van der Waals surface area contributed by atoms with Crippen LogP contribution in [-0.4, -0.2) is 27.3 Å². The third-order valence-electron chi connectivity index (χ3n) is 4.44. The summed E-state index contributed by atoms with van der Waals surface area (Å²) in [6.07, 6.45) is 0. The first-order valence-corrected chi connectivity index (χ1v) is 11.6. The van der Waals surface area contributed by atoms with Gasteiger partial charge in [0.25, 0.3) is 21.8 Å². The summed E-state index contributed by atoms with van der Waals surface area (Å²) >= 11 is 12.3. The Balaban J connectivity index is 1.92. The highest BCUT2D eigenvalue weighted by molar-refractivity contribution is 7.92. The molecule has 3 rings (SSSR count). The topological polar surface area (TPSA) is 104 Å². The molecule has 0 saturated carbocycles. The summed E-state index contributed by atoms with van der Waals surface area (Å²) in [5.74, 6) is -0.978. The number of aryl methyl sites for hydroxylation is 1. The maximum absolute atomic E-state index is 12.9. The molecule has 3 aromatic carbocycles. The van der Waals surface area contributed by atoms with Gasteiger partial charge in [-0.05, 0) is 55.0 Å². The summed E-state index contributed by atoms with van der Waals surface area (Å²) in [6, 6.07) is 15.4. The molecule has 0 aliphatic heterocycles. The number of hydrogen-bond acceptors (Lipinski definition) is 4. The normalized spacial score (nSPS) is 11.0. The number of halogens is 2. The molecule has 0 saturated heterocycles. The number of carbonyl (C=O) groups is 2. The summed E-state index contributed by atoms with van der Waals surface area (Å²) in [7, 11) is -2.61. The van der Waals surface area contributed by atoms with Gasteiger partial charge < -0.3 is 10.6 Å². The fourth-order valence-corrected chi connectivity index (χ4v) is 4.82. The minimum absolute atomic E-state index is 0.0236. The molecule has 0 fully saturated rings. The quantitative estimate of drug-likeness (QED) is 0.464. The zero-order chi connectivity index (χ0) is 23.5. The molecule has 0 radical (unpaired) electrons. The maximum Gasteiger partial charge on any atom is 0.263 e. The lowest BCUT2D eigenvalue weighted by molar-refractivity contribution is 0.0961. The predicted octanol–water partition coefficient (Wildman–Crippen LogP) is 4.71. The van der Waals surface area contributed by atoms with E-state index in [2.05, 4.69) is 15.4 Å². The van der Waals surface area contributed by atoms with Crippen LogP contribution in [0.5, 0.6) is 0 Å². The molecule has 3 N–H and O–H groups in total. The van der Waals surface area contributed by atoms with Crippen molar-refractivity contribution >= 4 is 56.4 Å². The Morgan fingerprint density at radius 1 is 0.844 bits per heavy atom. The van der Waals surface area contributed by atoms with Crippen LogP contribution in [0.2, 0.25) is 10.0 Å². The van der Waals surface area contributed by atoms with Gasteiger partial charge in [-0.1, -0.05) is 41.4 Å². The smallest absolute Gasteiger partial charge is 0.263 e. The molecule has 0 aromatic heterocycles. The van der Waals surface area contributed by atoms with Crippen LogP contribution in [0.4, 0.5) is 11.4 Å². The molecular formula is C22H19Cl2N3O4S. The molecular weight excluding hydrogens is 473 g/mol. The lowest BCUT2D eigenvalue weighted by Crippen LogP contribution is -2.19. The first kappa shape index (κ1) is 23.6. The van der Waals surface area contributed by atoms with E-state index in [1.54, 1.807) is 36.4 Å². The van der Waals surface area contributed by atoms with Crippen LogP contribution in [0, 0.1) is 6.92 Å².